The highest BCUT2D eigenvalue weighted by atomic mass is 16.2. The van der Waals surface area contributed by atoms with Gasteiger partial charge in [-0.1, -0.05) is 12.1 Å². The number of fused-ring (bicyclic) bond motifs is 4. The SMILES string of the molecule is O=C1c2ccccc2C(=O)N1CCC[N+]12CCN(CC1)CC2. The summed E-state index contributed by atoms with van der Waals surface area (Å²) < 4.78 is 1.18. The zero-order valence-electron chi connectivity index (χ0n) is 12.8. The van der Waals surface area contributed by atoms with Crippen LogP contribution in [-0.4, -0.2) is 78.5 Å². The monoisotopic (exact) mass is 300 g/mol. The van der Waals surface area contributed by atoms with Crippen LogP contribution in [0.3, 0.4) is 0 Å². The molecular formula is C17H22N3O2+. The molecule has 4 aliphatic rings. The fourth-order valence-electron chi connectivity index (χ4n) is 4.07. The molecule has 4 aliphatic heterocycles. The lowest BCUT2D eigenvalue weighted by Crippen LogP contribution is -2.67. The van der Waals surface area contributed by atoms with Gasteiger partial charge < -0.3 is 4.48 Å². The van der Waals surface area contributed by atoms with Crippen LogP contribution in [0.5, 0.6) is 0 Å². The van der Waals surface area contributed by atoms with Crippen molar-refractivity contribution in [2.75, 3.05) is 52.4 Å². The average molecular weight is 300 g/mol. The van der Waals surface area contributed by atoms with Gasteiger partial charge in [-0.3, -0.25) is 19.4 Å². The standard InChI is InChI=1S/C17H22N3O2/c21-16-14-4-1-2-5-15(14)17(22)19(16)6-3-10-20-11-7-18(8-12-20)9-13-20/h1-2,4-5H,3,6-13H2/q+1. The highest BCUT2D eigenvalue weighted by Gasteiger charge is 2.39. The van der Waals surface area contributed by atoms with Gasteiger partial charge in [0.1, 0.15) is 0 Å². The van der Waals surface area contributed by atoms with E-state index in [1.54, 1.807) is 12.1 Å². The first-order valence-electron chi connectivity index (χ1n) is 8.21. The predicted octanol–water partition coefficient (Wildman–Crippen LogP) is 0.819. The van der Waals surface area contributed by atoms with Gasteiger partial charge in [0.05, 0.1) is 37.3 Å². The minimum absolute atomic E-state index is 0.121. The van der Waals surface area contributed by atoms with Crippen molar-refractivity contribution in [3.63, 3.8) is 0 Å². The van der Waals surface area contributed by atoms with Gasteiger partial charge in [-0.15, -0.1) is 0 Å². The van der Waals surface area contributed by atoms with Crippen LogP contribution in [0.25, 0.3) is 0 Å². The van der Waals surface area contributed by atoms with Crippen LogP contribution >= 0.6 is 0 Å². The summed E-state index contributed by atoms with van der Waals surface area (Å²) in [7, 11) is 0. The van der Waals surface area contributed by atoms with Crippen molar-refractivity contribution in [3.8, 4) is 0 Å². The lowest BCUT2D eigenvalue weighted by Gasteiger charge is -2.50. The van der Waals surface area contributed by atoms with Crippen LogP contribution < -0.4 is 0 Å². The summed E-state index contributed by atoms with van der Waals surface area (Å²) in [5, 5.41) is 0. The molecule has 2 amide bonds. The molecule has 0 saturated carbocycles. The second-order valence-corrected chi connectivity index (χ2v) is 6.74. The second kappa shape index (κ2) is 5.18. The van der Waals surface area contributed by atoms with Crippen molar-refractivity contribution >= 4 is 11.8 Å². The Morgan fingerprint density at radius 2 is 1.45 bits per heavy atom. The molecular weight excluding hydrogens is 278 g/mol. The first-order valence-corrected chi connectivity index (χ1v) is 8.21. The number of carbonyl (C=O) groups is 2. The zero-order valence-corrected chi connectivity index (χ0v) is 12.8. The van der Waals surface area contributed by atoms with E-state index in [1.807, 2.05) is 12.1 Å². The first-order chi connectivity index (χ1) is 10.7. The molecule has 1 aromatic carbocycles. The minimum Gasteiger partial charge on any atom is -0.320 e. The van der Waals surface area contributed by atoms with Crippen molar-refractivity contribution in [1.82, 2.24) is 9.80 Å². The number of quaternary nitrogens is 1. The first kappa shape index (κ1) is 13.9. The van der Waals surface area contributed by atoms with Crippen molar-refractivity contribution in [3.05, 3.63) is 35.4 Å². The van der Waals surface area contributed by atoms with Crippen LogP contribution in [-0.2, 0) is 0 Å². The number of benzene rings is 1. The topological polar surface area (TPSA) is 40.6 Å². The van der Waals surface area contributed by atoms with Gasteiger partial charge in [0.2, 0.25) is 0 Å². The summed E-state index contributed by atoms with van der Waals surface area (Å²) in [5.74, 6) is -0.242. The van der Waals surface area contributed by atoms with Crippen molar-refractivity contribution < 1.29 is 14.1 Å². The molecule has 1 aromatic rings. The van der Waals surface area contributed by atoms with E-state index in [2.05, 4.69) is 4.90 Å². The fourth-order valence-corrected chi connectivity index (χ4v) is 4.07. The zero-order chi connectivity index (χ0) is 15.2. The van der Waals surface area contributed by atoms with E-state index in [9.17, 15) is 9.59 Å². The summed E-state index contributed by atoms with van der Waals surface area (Å²) in [6.07, 6.45) is 0.908. The summed E-state index contributed by atoms with van der Waals surface area (Å²) in [6, 6.07) is 7.14. The molecule has 0 unspecified atom stereocenters. The van der Waals surface area contributed by atoms with Gasteiger partial charge in [-0.05, 0) is 12.1 Å². The van der Waals surface area contributed by atoms with E-state index in [-0.39, 0.29) is 11.8 Å². The molecule has 5 rings (SSSR count). The molecule has 0 aromatic heterocycles. The number of nitrogens with zero attached hydrogens (tertiary/aromatic N) is 3. The summed E-state index contributed by atoms with van der Waals surface area (Å²) >= 11 is 0. The molecule has 2 bridgehead atoms. The molecule has 0 aliphatic carbocycles. The number of hydrogen-bond acceptors (Lipinski definition) is 3. The quantitative estimate of drug-likeness (QED) is 0.610. The molecule has 0 spiro atoms. The summed E-state index contributed by atoms with van der Waals surface area (Å²) in [6.45, 7) is 8.91. The molecule has 3 saturated heterocycles. The minimum atomic E-state index is -0.121. The van der Waals surface area contributed by atoms with E-state index in [1.165, 1.54) is 48.7 Å². The highest BCUT2D eigenvalue weighted by Crippen LogP contribution is 2.24. The van der Waals surface area contributed by atoms with E-state index in [0.29, 0.717) is 17.7 Å². The summed E-state index contributed by atoms with van der Waals surface area (Å²) in [4.78, 5) is 28.6. The maximum atomic E-state index is 12.3. The number of carbonyl (C=O) groups excluding carboxylic acids is 2. The van der Waals surface area contributed by atoms with Crippen molar-refractivity contribution in [2.24, 2.45) is 0 Å². The Morgan fingerprint density at radius 3 is 2.00 bits per heavy atom. The van der Waals surface area contributed by atoms with Crippen molar-refractivity contribution in [2.45, 2.75) is 6.42 Å². The number of piperazine rings is 3. The van der Waals surface area contributed by atoms with E-state index in [0.717, 1.165) is 13.0 Å². The largest absolute Gasteiger partial charge is 0.320 e. The lowest BCUT2D eigenvalue weighted by molar-refractivity contribution is -0.941. The van der Waals surface area contributed by atoms with Crippen molar-refractivity contribution in [1.29, 1.82) is 0 Å². The normalized spacial score (nSPS) is 30.0. The van der Waals surface area contributed by atoms with Crippen LogP contribution in [0.2, 0.25) is 0 Å². The Kier molecular flexibility index (Phi) is 3.27. The number of amides is 2. The van der Waals surface area contributed by atoms with Crippen LogP contribution in [0.1, 0.15) is 27.1 Å². The van der Waals surface area contributed by atoms with Gasteiger partial charge in [-0.25, -0.2) is 0 Å². The average Bonchev–Trinajstić information content (AvgIpc) is 2.82. The molecule has 5 nitrogen and oxygen atoms in total. The lowest BCUT2D eigenvalue weighted by atomic mass is 10.1. The third kappa shape index (κ3) is 2.16. The highest BCUT2D eigenvalue weighted by molar-refractivity contribution is 6.21. The van der Waals surface area contributed by atoms with E-state index >= 15 is 0 Å². The maximum absolute atomic E-state index is 12.3. The van der Waals surface area contributed by atoms with Crippen LogP contribution in [0.4, 0.5) is 0 Å². The smallest absolute Gasteiger partial charge is 0.261 e. The molecule has 0 N–H and O–H groups in total. The molecule has 4 heterocycles. The molecule has 0 radical (unpaired) electrons. The summed E-state index contributed by atoms with van der Waals surface area (Å²) in [5.41, 5.74) is 1.12. The number of imide groups is 1. The van der Waals surface area contributed by atoms with Gasteiger partial charge in [-0.2, -0.15) is 0 Å². The van der Waals surface area contributed by atoms with E-state index < -0.39 is 0 Å². The molecule has 22 heavy (non-hydrogen) atoms. The van der Waals surface area contributed by atoms with Gasteiger partial charge in [0.25, 0.3) is 11.8 Å². The Balaban J connectivity index is 1.39. The third-order valence-corrected chi connectivity index (χ3v) is 5.56. The maximum Gasteiger partial charge on any atom is 0.261 e. The molecule has 116 valence electrons. The number of rotatable bonds is 4. The third-order valence-electron chi connectivity index (χ3n) is 5.56. The van der Waals surface area contributed by atoms with Gasteiger partial charge in [0.15, 0.2) is 0 Å². The second-order valence-electron chi connectivity index (χ2n) is 6.74. The Labute approximate surface area is 130 Å². The van der Waals surface area contributed by atoms with Crippen LogP contribution in [0, 0.1) is 0 Å². The Hall–Kier alpha value is -1.72. The van der Waals surface area contributed by atoms with Gasteiger partial charge >= 0.3 is 0 Å². The number of hydrogen-bond donors (Lipinski definition) is 0. The van der Waals surface area contributed by atoms with E-state index in [4.69, 9.17) is 0 Å². The Morgan fingerprint density at radius 1 is 0.909 bits per heavy atom. The Bertz CT molecular complexity index is 571. The molecule has 3 fully saturated rings. The molecule has 0 atom stereocenters. The van der Waals surface area contributed by atoms with Gasteiger partial charge in [0, 0.05) is 32.6 Å². The van der Waals surface area contributed by atoms with Crippen LogP contribution in [0.15, 0.2) is 24.3 Å². The molecule has 5 heteroatoms. The fraction of sp³-hybridized carbons (Fsp3) is 0.529. The predicted molar refractivity (Wildman–Crippen MR) is 82.6 cm³/mol.